The Morgan fingerprint density at radius 3 is 2.45 bits per heavy atom. The number of nitrogens with zero attached hydrogens (tertiary/aromatic N) is 9. The smallest absolute Gasteiger partial charge is 0.355 e. The second-order valence-electron chi connectivity index (χ2n) is 20.6. The highest BCUT2D eigenvalue weighted by Crippen LogP contribution is 2.38. The van der Waals surface area contributed by atoms with Gasteiger partial charge in [-0.05, 0) is 91.4 Å². The molecule has 11 rings (SSSR count). The number of anilines is 3. The molecular weight excluding hydrogens is 1020 g/mol. The molecule has 0 aliphatic carbocycles. The van der Waals surface area contributed by atoms with Gasteiger partial charge in [0, 0.05) is 94.9 Å². The van der Waals surface area contributed by atoms with Gasteiger partial charge in [0.15, 0.2) is 17.4 Å². The molecule has 21 heteroatoms. The number of fused-ring (bicyclic) bond motifs is 3. The van der Waals surface area contributed by atoms with Crippen LogP contribution in [0.1, 0.15) is 68.9 Å². The summed E-state index contributed by atoms with van der Waals surface area (Å²) in [6.07, 6.45) is 1.28. The van der Waals surface area contributed by atoms with Crippen LogP contribution in [0.5, 0.6) is 5.75 Å². The van der Waals surface area contributed by atoms with Gasteiger partial charge in [0.25, 0.3) is 11.8 Å². The van der Waals surface area contributed by atoms with Crippen molar-refractivity contribution in [2.75, 3.05) is 87.2 Å². The van der Waals surface area contributed by atoms with Gasteiger partial charge in [-0.25, -0.2) is 23.5 Å². The first kappa shape index (κ1) is 52.2. The largest absolute Gasteiger partial charge is 0.487 e. The molecule has 1 unspecified atom stereocenters. The molecule has 0 spiro atoms. The lowest BCUT2D eigenvalue weighted by Crippen LogP contribution is -2.58. The van der Waals surface area contributed by atoms with Crippen LogP contribution in [0.3, 0.4) is 0 Å². The van der Waals surface area contributed by atoms with E-state index >= 15 is 8.78 Å². The molecule has 3 fully saturated rings. The third kappa shape index (κ3) is 10.6. The summed E-state index contributed by atoms with van der Waals surface area (Å²) in [5.41, 5.74) is 6.70. The van der Waals surface area contributed by atoms with Crippen LogP contribution in [0.2, 0.25) is 0 Å². The van der Waals surface area contributed by atoms with Crippen molar-refractivity contribution in [2.24, 2.45) is 7.05 Å². The average molecular weight is 1080 g/mol. The first-order valence-electron chi connectivity index (χ1n) is 26.2. The number of carbonyl (C=O) groups excluding carboxylic acids is 4. The summed E-state index contributed by atoms with van der Waals surface area (Å²) in [7, 11) is 1.85. The number of halogens is 2. The van der Waals surface area contributed by atoms with E-state index in [4.69, 9.17) is 9.84 Å². The van der Waals surface area contributed by atoms with Crippen LogP contribution in [0.15, 0.2) is 91.0 Å². The number of carbonyl (C=O) groups is 5. The number of amides is 4. The number of hydrogen-bond acceptors (Lipinski definition) is 14. The van der Waals surface area contributed by atoms with Gasteiger partial charge in [-0.15, -0.1) is 0 Å². The fourth-order valence-electron chi connectivity index (χ4n) is 11.4. The number of aromatic carboxylic acids is 1. The number of benzene rings is 4. The van der Waals surface area contributed by atoms with Gasteiger partial charge >= 0.3 is 5.97 Å². The van der Waals surface area contributed by atoms with Gasteiger partial charge in [-0.2, -0.15) is 5.10 Å². The molecule has 78 heavy (non-hydrogen) atoms. The molecule has 0 saturated carbocycles. The number of carboxylic acid groups (broad SMARTS) is 1. The molecule has 4 amide bonds. The van der Waals surface area contributed by atoms with E-state index in [2.05, 4.69) is 25.5 Å². The number of piperidine rings is 1. The van der Waals surface area contributed by atoms with Crippen molar-refractivity contribution in [1.82, 2.24) is 39.8 Å². The maximum atomic E-state index is 15.8. The van der Waals surface area contributed by atoms with Crippen LogP contribution in [0.4, 0.5) is 25.4 Å². The molecule has 7 aromatic rings. The number of imide groups is 1. The zero-order valence-corrected chi connectivity index (χ0v) is 44.3. The Morgan fingerprint density at radius 1 is 0.872 bits per heavy atom. The Balaban J connectivity index is 0.677. The average Bonchev–Trinajstić information content (AvgIpc) is 4.07. The molecule has 404 valence electrons. The van der Waals surface area contributed by atoms with E-state index in [1.54, 1.807) is 52.9 Å². The Morgan fingerprint density at radius 2 is 1.67 bits per heavy atom. The number of aryl methyl sites for hydroxylation is 1. The second-order valence-corrected chi connectivity index (χ2v) is 21.6. The highest BCUT2D eigenvalue weighted by atomic mass is 32.1. The lowest BCUT2D eigenvalue weighted by atomic mass is 9.92. The molecule has 0 bridgehead atoms. The number of aromatic nitrogens is 4. The van der Waals surface area contributed by atoms with Crippen LogP contribution in [-0.2, 0) is 34.4 Å². The maximum Gasteiger partial charge on any atom is 0.355 e. The molecule has 7 heterocycles. The Hall–Kier alpha value is -7.88. The van der Waals surface area contributed by atoms with Crippen molar-refractivity contribution in [2.45, 2.75) is 57.5 Å². The van der Waals surface area contributed by atoms with Crippen molar-refractivity contribution in [3.63, 3.8) is 0 Å². The molecular formula is C57H59F2N11O7S. The lowest BCUT2D eigenvalue weighted by Gasteiger charge is -2.42. The first-order chi connectivity index (χ1) is 37.6. The SMILES string of the molecule is Cc1c(OCC(F)(F)CN2CCN(CC(=O)N3CCN(c4cccc5c(C6CCC(=O)NC6=O)nn(C)c45)CC3)[C@@H](C)C2)cccc1-c1ccc(N2CCc3cccc(C(=O)Nc4nc5ccccc5s4)c3C2)nc1C(=O)O. The topological polar surface area (TPSA) is 199 Å². The molecule has 18 nitrogen and oxygen atoms in total. The van der Waals surface area contributed by atoms with Gasteiger partial charge in [-0.3, -0.25) is 44.3 Å². The van der Waals surface area contributed by atoms with Gasteiger partial charge in [0.05, 0.1) is 46.1 Å². The number of thiazole rings is 1. The van der Waals surface area contributed by atoms with Crippen molar-refractivity contribution >= 4 is 78.7 Å². The maximum absolute atomic E-state index is 15.8. The minimum atomic E-state index is -3.23. The fraction of sp³-hybridized carbons (Fsp3) is 0.368. The van der Waals surface area contributed by atoms with Gasteiger partial charge in [-0.1, -0.05) is 59.9 Å². The number of pyridine rings is 1. The second kappa shape index (κ2) is 21.5. The molecule has 0 radical (unpaired) electrons. The molecule has 4 aliphatic rings. The van der Waals surface area contributed by atoms with Crippen LogP contribution in [-0.4, -0.2) is 153 Å². The lowest BCUT2D eigenvalue weighted by molar-refractivity contribution is -0.135. The van der Waals surface area contributed by atoms with Crippen LogP contribution in [0.25, 0.3) is 32.2 Å². The summed E-state index contributed by atoms with van der Waals surface area (Å²) in [6.45, 7) is 6.58. The summed E-state index contributed by atoms with van der Waals surface area (Å²) in [6, 6.07) is 27.4. The molecule has 3 saturated heterocycles. The molecule has 3 N–H and O–H groups in total. The monoisotopic (exact) mass is 1080 g/mol. The van der Waals surface area contributed by atoms with E-state index in [9.17, 15) is 29.1 Å². The van der Waals surface area contributed by atoms with Crippen LogP contribution < -0.4 is 25.2 Å². The standard InChI is InChI=1S/C57H59F2N11O7S/c1-34-29-66(23-24-69(34)31-49(72)68-27-25-67(26-28-68)44-14-7-12-40-50(64-65(3)52(40)44)41-18-20-48(71)62-54(41)74)32-57(58,59)33-77-45-15-8-10-37(35(45)2)38-17-19-47(61-51(38)55(75)76)70-22-21-36-9-6-11-39(42(36)30-70)53(73)63-56-60-43-13-4-5-16-46(43)78-56/h4-17,19,34,41H,18,20-33H2,1-3H3,(H,75,76)(H,60,63,73)(H,62,71,74)/t34-,41?/m0/s1. The third-order valence-corrected chi connectivity index (χ3v) is 16.5. The first-order valence-corrected chi connectivity index (χ1v) is 27.0. The van der Waals surface area contributed by atoms with E-state index in [1.165, 1.54) is 11.3 Å². The van der Waals surface area contributed by atoms with Crippen molar-refractivity contribution in [3.05, 3.63) is 125 Å². The minimum absolute atomic E-state index is 0.0146. The summed E-state index contributed by atoms with van der Waals surface area (Å²) >= 11 is 1.39. The molecule has 4 aromatic carbocycles. The van der Waals surface area contributed by atoms with Crippen molar-refractivity contribution in [3.8, 4) is 16.9 Å². The van der Waals surface area contributed by atoms with E-state index in [0.29, 0.717) is 111 Å². The number of piperazine rings is 2. The predicted octanol–water partition coefficient (Wildman–Crippen LogP) is 6.96. The number of hydrogen-bond donors (Lipinski definition) is 3. The van der Waals surface area contributed by atoms with Crippen molar-refractivity contribution in [1.29, 1.82) is 0 Å². The zero-order chi connectivity index (χ0) is 54.4. The number of carboxylic acids is 1. The zero-order valence-electron chi connectivity index (χ0n) is 43.5. The summed E-state index contributed by atoms with van der Waals surface area (Å²) in [5.74, 6) is -5.29. The van der Waals surface area contributed by atoms with E-state index in [1.807, 2.05) is 83.3 Å². The van der Waals surface area contributed by atoms with E-state index in [-0.39, 0.29) is 54.1 Å². The van der Waals surface area contributed by atoms with E-state index < -0.39 is 31.0 Å². The highest BCUT2D eigenvalue weighted by molar-refractivity contribution is 7.22. The van der Waals surface area contributed by atoms with Gasteiger partial charge in [0.2, 0.25) is 17.7 Å². The summed E-state index contributed by atoms with van der Waals surface area (Å²) < 4.78 is 40.2. The third-order valence-electron chi connectivity index (χ3n) is 15.5. The Kier molecular flexibility index (Phi) is 14.4. The normalized spacial score (nSPS) is 18.6. The predicted molar refractivity (Wildman–Crippen MR) is 293 cm³/mol. The Bertz CT molecular complexity index is 3470. The Labute approximate surface area is 452 Å². The number of rotatable bonds is 14. The molecule has 3 aromatic heterocycles. The fourth-order valence-corrected chi connectivity index (χ4v) is 12.3. The van der Waals surface area contributed by atoms with Gasteiger partial charge in [0.1, 0.15) is 11.6 Å². The van der Waals surface area contributed by atoms with Crippen molar-refractivity contribution < 1.29 is 42.6 Å². The van der Waals surface area contributed by atoms with Crippen LogP contribution in [0, 0.1) is 6.92 Å². The highest BCUT2D eigenvalue weighted by Gasteiger charge is 2.38. The summed E-state index contributed by atoms with van der Waals surface area (Å²) in [4.78, 5) is 83.7. The molecule has 4 aliphatic heterocycles. The minimum Gasteiger partial charge on any atom is -0.487 e. The number of nitrogens with one attached hydrogen (secondary N) is 2. The quantitative estimate of drug-likeness (QED) is 0.0946. The van der Waals surface area contributed by atoms with E-state index in [0.717, 1.165) is 37.9 Å². The number of ether oxygens (including phenoxy) is 1. The molecule has 2 atom stereocenters. The summed E-state index contributed by atoms with van der Waals surface area (Å²) in [5, 5.41) is 22.0. The van der Waals surface area contributed by atoms with Gasteiger partial charge < -0.3 is 24.5 Å². The number of para-hydroxylation sites is 2. The van der Waals surface area contributed by atoms with Crippen LogP contribution >= 0.6 is 11.3 Å². The number of alkyl halides is 2.